The monoisotopic (exact) mass is 340 g/mol. The standard InChI is InChI=1S/C16H12F4N2O2/c17-10-3-1-9(2-4-10)8-21-13(23)7-14(24)22-12-6-5-11(18)15(19)16(12)20/h1-6H,7-8H2,(H,21,23)(H,22,24). The van der Waals surface area contributed by atoms with Crippen LogP contribution in [0.3, 0.4) is 0 Å². The highest BCUT2D eigenvalue weighted by molar-refractivity contribution is 6.03. The number of carbonyl (C=O) groups excluding carboxylic acids is 2. The minimum atomic E-state index is -1.71. The van der Waals surface area contributed by atoms with Gasteiger partial charge in [-0.1, -0.05) is 12.1 Å². The van der Waals surface area contributed by atoms with Gasteiger partial charge in [-0.25, -0.2) is 17.6 Å². The van der Waals surface area contributed by atoms with Crippen LogP contribution in [0.1, 0.15) is 12.0 Å². The van der Waals surface area contributed by atoms with E-state index in [1.807, 2.05) is 5.32 Å². The zero-order valence-corrected chi connectivity index (χ0v) is 12.2. The Hall–Kier alpha value is -2.90. The molecule has 2 aromatic rings. The Morgan fingerprint density at radius 2 is 1.50 bits per heavy atom. The minimum absolute atomic E-state index is 0.0753. The van der Waals surface area contributed by atoms with E-state index in [0.717, 1.165) is 6.07 Å². The highest BCUT2D eigenvalue weighted by Crippen LogP contribution is 2.19. The molecule has 0 aliphatic heterocycles. The van der Waals surface area contributed by atoms with E-state index in [4.69, 9.17) is 0 Å². The first-order valence-electron chi connectivity index (χ1n) is 6.81. The molecule has 0 fully saturated rings. The van der Waals surface area contributed by atoms with Gasteiger partial charge in [0.15, 0.2) is 17.5 Å². The number of halogens is 4. The Labute approximate surface area is 134 Å². The lowest BCUT2D eigenvalue weighted by Gasteiger charge is -2.08. The second-order valence-electron chi connectivity index (χ2n) is 4.85. The summed E-state index contributed by atoms with van der Waals surface area (Å²) >= 11 is 0. The van der Waals surface area contributed by atoms with Crippen LogP contribution < -0.4 is 10.6 Å². The fourth-order valence-electron chi connectivity index (χ4n) is 1.83. The first kappa shape index (κ1) is 17.5. The Bertz CT molecular complexity index is 763. The van der Waals surface area contributed by atoms with Crippen LogP contribution in [0, 0.1) is 23.3 Å². The molecule has 0 radical (unpaired) electrons. The van der Waals surface area contributed by atoms with E-state index in [1.165, 1.54) is 24.3 Å². The van der Waals surface area contributed by atoms with Gasteiger partial charge in [-0.15, -0.1) is 0 Å². The maximum Gasteiger partial charge on any atom is 0.233 e. The summed E-state index contributed by atoms with van der Waals surface area (Å²) < 4.78 is 51.9. The third kappa shape index (κ3) is 4.55. The van der Waals surface area contributed by atoms with Gasteiger partial charge in [0.1, 0.15) is 12.2 Å². The molecular weight excluding hydrogens is 328 g/mol. The van der Waals surface area contributed by atoms with Gasteiger partial charge < -0.3 is 10.6 Å². The average Bonchev–Trinajstić information content (AvgIpc) is 2.55. The molecule has 0 saturated heterocycles. The number of carbonyl (C=O) groups is 2. The number of nitrogens with one attached hydrogen (secondary N) is 2. The lowest BCUT2D eigenvalue weighted by atomic mass is 10.2. The molecule has 0 aliphatic carbocycles. The molecule has 8 heteroatoms. The molecule has 2 rings (SSSR count). The van der Waals surface area contributed by atoms with Crippen molar-refractivity contribution in [2.75, 3.05) is 5.32 Å². The van der Waals surface area contributed by atoms with Gasteiger partial charge in [0, 0.05) is 6.54 Å². The minimum Gasteiger partial charge on any atom is -0.352 e. The summed E-state index contributed by atoms with van der Waals surface area (Å²) in [6.45, 7) is 0.0753. The van der Waals surface area contributed by atoms with E-state index < -0.39 is 47.2 Å². The normalized spacial score (nSPS) is 10.3. The zero-order valence-electron chi connectivity index (χ0n) is 12.2. The molecule has 2 amide bonds. The third-order valence-corrected chi connectivity index (χ3v) is 3.03. The number of anilines is 1. The number of hydrogen-bond acceptors (Lipinski definition) is 2. The molecule has 0 aliphatic rings. The van der Waals surface area contributed by atoms with Gasteiger partial charge in [-0.3, -0.25) is 9.59 Å². The number of rotatable bonds is 5. The van der Waals surface area contributed by atoms with Crippen molar-refractivity contribution in [2.24, 2.45) is 0 Å². The summed E-state index contributed by atoms with van der Waals surface area (Å²) in [6, 6.07) is 6.88. The van der Waals surface area contributed by atoms with Gasteiger partial charge in [-0.05, 0) is 29.8 Å². The molecule has 126 valence electrons. The van der Waals surface area contributed by atoms with Crippen molar-refractivity contribution in [1.29, 1.82) is 0 Å². The topological polar surface area (TPSA) is 58.2 Å². The molecule has 2 aromatic carbocycles. The van der Waals surface area contributed by atoms with E-state index in [0.29, 0.717) is 11.6 Å². The average molecular weight is 340 g/mol. The zero-order chi connectivity index (χ0) is 17.7. The summed E-state index contributed by atoms with van der Waals surface area (Å²) in [5.74, 6) is -6.62. The van der Waals surface area contributed by atoms with Crippen LogP contribution >= 0.6 is 0 Å². The molecule has 0 bridgehead atoms. The SMILES string of the molecule is O=C(CC(=O)Nc1ccc(F)c(F)c1F)NCc1ccc(F)cc1. The molecule has 0 aromatic heterocycles. The Kier molecular flexibility index (Phi) is 5.51. The molecule has 24 heavy (non-hydrogen) atoms. The summed E-state index contributed by atoms with van der Waals surface area (Å²) in [6.07, 6.45) is -0.639. The van der Waals surface area contributed by atoms with Crippen LogP contribution in [0.2, 0.25) is 0 Å². The summed E-state index contributed by atoms with van der Waals surface area (Å²) in [5, 5.41) is 4.40. The van der Waals surface area contributed by atoms with Gasteiger partial charge in [0.25, 0.3) is 0 Å². The smallest absolute Gasteiger partial charge is 0.233 e. The highest BCUT2D eigenvalue weighted by Gasteiger charge is 2.16. The van der Waals surface area contributed by atoms with Gasteiger partial charge in [-0.2, -0.15) is 0 Å². The quantitative estimate of drug-likeness (QED) is 0.500. The first-order chi connectivity index (χ1) is 11.4. The van der Waals surface area contributed by atoms with Gasteiger partial charge in [0.05, 0.1) is 5.69 Å². The first-order valence-corrected chi connectivity index (χ1v) is 6.81. The van der Waals surface area contributed by atoms with Crippen LogP contribution in [-0.2, 0) is 16.1 Å². The molecule has 2 N–H and O–H groups in total. The van der Waals surface area contributed by atoms with Crippen molar-refractivity contribution in [2.45, 2.75) is 13.0 Å². The summed E-state index contributed by atoms with van der Waals surface area (Å²) in [4.78, 5) is 23.2. The van der Waals surface area contributed by atoms with Crippen molar-refractivity contribution in [3.8, 4) is 0 Å². The predicted octanol–water partition coefficient (Wildman–Crippen LogP) is 2.89. The van der Waals surface area contributed by atoms with E-state index in [-0.39, 0.29) is 6.54 Å². The van der Waals surface area contributed by atoms with Crippen molar-refractivity contribution < 1.29 is 27.2 Å². The fraction of sp³-hybridized carbons (Fsp3) is 0.125. The lowest BCUT2D eigenvalue weighted by molar-refractivity contribution is -0.126. The van der Waals surface area contributed by atoms with Crippen LogP contribution in [0.5, 0.6) is 0 Å². The number of hydrogen-bond donors (Lipinski definition) is 2. The lowest BCUT2D eigenvalue weighted by Crippen LogP contribution is -2.28. The molecule has 0 unspecified atom stereocenters. The number of benzene rings is 2. The fourth-order valence-corrected chi connectivity index (χ4v) is 1.83. The molecule has 0 spiro atoms. The third-order valence-electron chi connectivity index (χ3n) is 3.03. The Morgan fingerprint density at radius 3 is 2.17 bits per heavy atom. The highest BCUT2D eigenvalue weighted by atomic mass is 19.2. The van der Waals surface area contributed by atoms with Crippen LogP contribution in [-0.4, -0.2) is 11.8 Å². The molecule has 0 atom stereocenters. The number of amides is 2. The van der Waals surface area contributed by atoms with Crippen LogP contribution in [0.15, 0.2) is 36.4 Å². The Balaban J connectivity index is 1.87. The van der Waals surface area contributed by atoms with Crippen molar-refractivity contribution >= 4 is 17.5 Å². The Morgan fingerprint density at radius 1 is 0.833 bits per heavy atom. The van der Waals surface area contributed by atoms with Crippen LogP contribution in [0.25, 0.3) is 0 Å². The summed E-state index contributed by atoms with van der Waals surface area (Å²) in [7, 11) is 0. The molecule has 4 nitrogen and oxygen atoms in total. The van der Waals surface area contributed by atoms with Crippen molar-refractivity contribution in [3.05, 3.63) is 65.2 Å². The maximum atomic E-state index is 13.4. The maximum absolute atomic E-state index is 13.4. The second kappa shape index (κ2) is 7.58. The van der Waals surface area contributed by atoms with Crippen molar-refractivity contribution in [1.82, 2.24) is 5.32 Å². The van der Waals surface area contributed by atoms with Gasteiger partial charge >= 0.3 is 0 Å². The van der Waals surface area contributed by atoms with Crippen LogP contribution in [0.4, 0.5) is 23.2 Å². The molecule has 0 saturated carbocycles. The molecular formula is C16H12F4N2O2. The van der Waals surface area contributed by atoms with Gasteiger partial charge in [0.2, 0.25) is 11.8 Å². The van der Waals surface area contributed by atoms with E-state index in [2.05, 4.69) is 5.32 Å². The van der Waals surface area contributed by atoms with Crippen molar-refractivity contribution in [3.63, 3.8) is 0 Å². The second-order valence-corrected chi connectivity index (χ2v) is 4.85. The largest absolute Gasteiger partial charge is 0.352 e. The molecule has 0 heterocycles. The predicted molar refractivity (Wildman–Crippen MR) is 77.8 cm³/mol. The van der Waals surface area contributed by atoms with E-state index in [9.17, 15) is 27.2 Å². The van der Waals surface area contributed by atoms with E-state index in [1.54, 1.807) is 0 Å². The van der Waals surface area contributed by atoms with E-state index >= 15 is 0 Å². The summed E-state index contributed by atoms with van der Waals surface area (Å²) in [5.41, 5.74) is 0.0574.